The van der Waals surface area contributed by atoms with Gasteiger partial charge in [0, 0.05) is 32.7 Å². The third-order valence-electron chi connectivity index (χ3n) is 3.96. The normalized spacial score (nSPS) is 18.7. The molecule has 3 N–H and O–H groups in total. The first-order valence-corrected chi connectivity index (χ1v) is 8.46. The van der Waals surface area contributed by atoms with Crippen molar-refractivity contribution in [2.24, 2.45) is 4.99 Å². The molecule has 1 aromatic carbocycles. The van der Waals surface area contributed by atoms with Crippen LogP contribution in [0.3, 0.4) is 0 Å². The Hall–Kier alpha value is -2.28. The first-order valence-electron chi connectivity index (χ1n) is 8.46. The van der Waals surface area contributed by atoms with Crippen LogP contribution in [0.25, 0.3) is 0 Å². The summed E-state index contributed by atoms with van der Waals surface area (Å²) in [6.07, 6.45) is 0.796. The molecule has 1 aliphatic rings. The fourth-order valence-corrected chi connectivity index (χ4v) is 2.81. The lowest BCUT2D eigenvalue weighted by atomic mass is 9.90. The second kappa shape index (κ2) is 8.71. The summed E-state index contributed by atoms with van der Waals surface area (Å²) in [5.74, 6) is 1.36. The molecule has 7 nitrogen and oxygen atoms in total. The van der Waals surface area contributed by atoms with E-state index in [4.69, 9.17) is 9.47 Å². The monoisotopic (exact) mass is 348 g/mol. The zero-order valence-electron chi connectivity index (χ0n) is 15.4. The molecule has 7 heteroatoms. The van der Waals surface area contributed by atoms with Gasteiger partial charge < -0.3 is 25.4 Å². The molecule has 1 atom stereocenters. The van der Waals surface area contributed by atoms with E-state index in [1.807, 2.05) is 24.3 Å². The lowest BCUT2D eigenvalue weighted by Gasteiger charge is -2.38. The van der Waals surface area contributed by atoms with Crippen LogP contribution in [0.4, 0.5) is 0 Å². The maximum atomic E-state index is 11.8. The number of rotatable bonds is 6. The molecule has 0 saturated heterocycles. The maximum Gasteiger partial charge on any atom is 0.239 e. The van der Waals surface area contributed by atoms with Crippen LogP contribution in [0.1, 0.15) is 31.9 Å². The molecule has 0 aliphatic carbocycles. The molecule has 0 spiro atoms. The average molecular weight is 348 g/mol. The number of hydrogen-bond acceptors (Lipinski definition) is 4. The van der Waals surface area contributed by atoms with Crippen LogP contribution < -0.4 is 20.7 Å². The third-order valence-corrected chi connectivity index (χ3v) is 3.96. The summed E-state index contributed by atoms with van der Waals surface area (Å²) in [5, 5.41) is 9.21. The predicted molar refractivity (Wildman–Crippen MR) is 97.9 cm³/mol. The van der Waals surface area contributed by atoms with Crippen molar-refractivity contribution in [2.75, 3.05) is 33.9 Å². The van der Waals surface area contributed by atoms with Gasteiger partial charge in [0.25, 0.3) is 0 Å². The number of nitrogens with one attached hydrogen (secondary N) is 3. The summed E-state index contributed by atoms with van der Waals surface area (Å²) in [5.41, 5.74) is 0.817. The smallest absolute Gasteiger partial charge is 0.239 e. The molecule has 1 unspecified atom stereocenters. The lowest BCUT2D eigenvalue weighted by Crippen LogP contribution is -2.47. The minimum atomic E-state index is -0.275. The summed E-state index contributed by atoms with van der Waals surface area (Å²) in [6.45, 7) is 5.27. The van der Waals surface area contributed by atoms with Gasteiger partial charge in [-0.2, -0.15) is 0 Å². The summed E-state index contributed by atoms with van der Waals surface area (Å²) >= 11 is 0. The van der Waals surface area contributed by atoms with E-state index in [9.17, 15) is 4.79 Å². The predicted octanol–water partition coefficient (Wildman–Crippen LogP) is 1.22. The molecular weight excluding hydrogens is 320 g/mol. The molecule has 1 heterocycles. The Morgan fingerprint density at radius 3 is 2.84 bits per heavy atom. The van der Waals surface area contributed by atoms with Gasteiger partial charge in [0.15, 0.2) is 5.96 Å². The second-order valence-corrected chi connectivity index (χ2v) is 6.57. The molecule has 138 valence electrons. The summed E-state index contributed by atoms with van der Waals surface area (Å²) in [4.78, 5) is 16.0. The zero-order valence-corrected chi connectivity index (χ0v) is 15.4. The molecule has 0 saturated carbocycles. The largest absolute Gasteiger partial charge is 0.487 e. The minimum Gasteiger partial charge on any atom is -0.487 e. The van der Waals surface area contributed by atoms with Gasteiger partial charge in [-0.3, -0.25) is 9.79 Å². The number of carbonyl (C=O) groups is 1. The van der Waals surface area contributed by atoms with Crippen LogP contribution >= 0.6 is 0 Å². The van der Waals surface area contributed by atoms with Gasteiger partial charge in [-0.15, -0.1) is 0 Å². The van der Waals surface area contributed by atoms with Gasteiger partial charge in [-0.1, -0.05) is 18.2 Å². The van der Waals surface area contributed by atoms with E-state index in [-0.39, 0.29) is 24.1 Å². The Bertz CT molecular complexity index is 616. The van der Waals surface area contributed by atoms with E-state index < -0.39 is 0 Å². The lowest BCUT2D eigenvalue weighted by molar-refractivity contribution is -0.120. The quantitative estimate of drug-likeness (QED) is 0.409. The van der Waals surface area contributed by atoms with Gasteiger partial charge in [-0.25, -0.2) is 0 Å². The molecule has 0 bridgehead atoms. The van der Waals surface area contributed by atoms with Gasteiger partial charge in [0.05, 0.1) is 19.2 Å². The van der Waals surface area contributed by atoms with E-state index in [2.05, 4.69) is 34.8 Å². The van der Waals surface area contributed by atoms with E-state index in [1.54, 1.807) is 14.2 Å². The van der Waals surface area contributed by atoms with Gasteiger partial charge in [-0.05, 0) is 19.9 Å². The van der Waals surface area contributed by atoms with Crippen LogP contribution in [0.5, 0.6) is 5.75 Å². The van der Waals surface area contributed by atoms with Gasteiger partial charge in [0.1, 0.15) is 11.4 Å². The van der Waals surface area contributed by atoms with Crippen LogP contribution in [-0.2, 0) is 9.53 Å². The van der Waals surface area contributed by atoms with E-state index >= 15 is 0 Å². The molecule has 0 radical (unpaired) electrons. The zero-order chi connectivity index (χ0) is 18.3. The fourth-order valence-electron chi connectivity index (χ4n) is 2.81. The molecule has 1 amide bonds. The molecule has 1 aromatic rings. The number of methoxy groups -OCH3 is 1. The van der Waals surface area contributed by atoms with Crippen molar-refractivity contribution >= 4 is 11.9 Å². The summed E-state index contributed by atoms with van der Waals surface area (Å²) < 4.78 is 11.0. The molecule has 2 rings (SSSR count). The average Bonchev–Trinajstić information content (AvgIpc) is 2.57. The number of hydrogen-bond donors (Lipinski definition) is 3. The Morgan fingerprint density at radius 1 is 1.36 bits per heavy atom. The highest BCUT2D eigenvalue weighted by molar-refractivity contribution is 5.86. The highest BCUT2D eigenvalue weighted by Gasteiger charge is 2.33. The number of carbonyl (C=O) groups excluding carboxylic acids is 1. The number of ether oxygens (including phenoxy) is 2. The van der Waals surface area contributed by atoms with Crippen LogP contribution in [0.15, 0.2) is 29.3 Å². The molecular formula is C18H28N4O3. The summed E-state index contributed by atoms with van der Waals surface area (Å²) in [7, 11) is 3.29. The number of guanidine groups is 1. The first-order chi connectivity index (χ1) is 11.9. The van der Waals surface area contributed by atoms with Gasteiger partial charge in [0.2, 0.25) is 5.91 Å². The molecule has 25 heavy (non-hydrogen) atoms. The number of nitrogens with zero attached hydrogens (tertiary/aromatic N) is 1. The van der Waals surface area contributed by atoms with Crippen molar-refractivity contribution in [1.29, 1.82) is 0 Å². The van der Waals surface area contributed by atoms with Crippen molar-refractivity contribution in [3.8, 4) is 5.75 Å². The first kappa shape index (κ1) is 19.1. The Kier molecular flexibility index (Phi) is 6.64. The highest BCUT2D eigenvalue weighted by Crippen LogP contribution is 2.39. The van der Waals surface area contributed by atoms with Crippen molar-refractivity contribution in [3.05, 3.63) is 29.8 Å². The Morgan fingerprint density at radius 2 is 2.12 bits per heavy atom. The summed E-state index contributed by atoms with van der Waals surface area (Å²) in [6, 6.07) is 8.04. The molecule has 0 fully saturated rings. The standard InChI is InChI=1S/C18H28N4O3/c1-18(2)11-14(13-7-5-6-8-15(13)25-18)22-17(19-3)21-12-16(23)20-9-10-24-4/h5-8,14H,9-12H2,1-4H3,(H,20,23)(H2,19,21,22). The number of fused-ring (bicyclic) bond motifs is 1. The maximum absolute atomic E-state index is 11.8. The van der Waals surface area contributed by atoms with E-state index in [0.29, 0.717) is 19.1 Å². The van der Waals surface area contributed by atoms with Crippen LogP contribution in [0, 0.1) is 0 Å². The number of para-hydroxylation sites is 1. The number of amides is 1. The van der Waals surface area contributed by atoms with Crippen molar-refractivity contribution in [1.82, 2.24) is 16.0 Å². The minimum absolute atomic E-state index is 0.0581. The SMILES string of the molecule is CN=C(NCC(=O)NCCOC)NC1CC(C)(C)Oc2ccccc21. The van der Waals surface area contributed by atoms with E-state index in [0.717, 1.165) is 17.7 Å². The Balaban J connectivity index is 1.96. The molecule has 0 aromatic heterocycles. The highest BCUT2D eigenvalue weighted by atomic mass is 16.5. The van der Waals surface area contributed by atoms with Crippen LogP contribution in [-0.4, -0.2) is 51.3 Å². The van der Waals surface area contributed by atoms with Crippen LogP contribution in [0.2, 0.25) is 0 Å². The second-order valence-electron chi connectivity index (χ2n) is 6.57. The number of aliphatic imine (C=N–C) groups is 1. The fraction of sp³-hybridized carbons (Fsp3) is 0.556. The van der Waals surface area contributed by atoms with Crippen molar-refractivity contribution < 1.29 is 14.3 Å². The molecule has 1 aliphatic heterocycles. The topological polar surface area (TPSA) is 84.0 Å². The Labute approximate surface area is 149 Å². The van der Waals surface area contributed by atoms with Crippen molar-refractivity contribution in [2.45, 2.75) is 31.9 Å². The third kappa shape index (κ3) is 5.63. The van der Waals surface area contributed by atoms with Gasteiger partial charge >= 0.3 is 0 Å². The van der Waals surface area contributed by atoms with Crippen molar-refractivity contribution in [3.63, 3.8) is 0 Å². The van der Waals surface area contributed by atoms with E-state index in [1.165, 1.54) is 0 Å². The number of benzene rings is 1.